The highest BCUT2D eigenvalue weighted by atomic mass is 16.4. The molecule has 2 aromatic rings. The van der Waals surface area contributed by atoms with Gasteiger partial charge in [-0.1, -0.05) is 18.2 Å². The van der Waals surface area contributed by atoms with Crippen molar-refractivity contribution in [3.8, 4) is 0 Å². The van der Waals surface area contributed by atoms with Crippen LogP contribution in [0.5, 0.6) is 0 Å². The Hall–Kier alpha value is -2.14. The van der Waals surface area contributed by atoms with Crippen LogP contribution in [0.25, 0.3) is 11.0 Å². The molecule has 116 valence electrons. The van der Waals surface area contributed by atoms with E-state index in [1.54, 1.807) is 19.1 Å². The van der Waals surface area contributed by atoms with Crippen molar-refractivity contribution in [1.29, 1.82) is 0 Å². The minimum absolute atomic E-state index is 0.113. The second kappa shape index (κ2) is 6.32. The first-order chi connectivity index (χ1) is 10.7. The van der Waals surface area contributed by atoms with E-state index in [0.717, 1.165) is 31.3 Å². The normalized spacial score (nSPS) is 18.3. The molecule has 22 heavy (non-hydrogen) atoms. The zero-order valence-corrected chi connectivity index (χ0v) is 12.6. The van der Waals surface area contributed by atoms with Crippen molar-refractivity contribution in [2.45, 2.75) is 19.8 Å². The Morgan fingerprint density at radius 3 is 3.00 bits per heavy atom. The molecule has 1 aliphatic rings. The fourth-order valence-corrected chi connectivity index (χ4v) is 2.99. The van der Waals surface area contributed by atoms with Gasteiger partial charge in [-0.25, -0.2) is 4.79 Å². The van der Waals surface area contributed by atoms with Gasteiger partial charge in [0.05, 0.1) is 0 Å². The number of aryl methyl sites for hydroxylation is 1. The Morgan fingerprint density at radius 2 is 2.23 bits per heavy atom. The molecule has 0 saturated carbocycles. The summed E-state index contributed by atoms with van der Waals surface area (Å²) in [7, 11) is 0. The maximum Gasteiger partial charge on any atom is 0.349 e. The van der Waals surface area contributed by atoms with Crippen LogP contribution in [0.2, 0.25) is 0 Å². The van der Waals surface area contributed by atoms with Gasteiger partial charge in [-0.15, -0.1) is 0 Å². The van der Waals surface area contributed by atoms with Crippen LogP contribution in [-0.4, -0.2) is 25.5 Å². The summed E-state index contributed by atoms with van der Waals surface area (Å²) < 4.78 is 5.26. The molecule has 0 aliphatic carbocycles. The fraction of sp³-hybridized carbons (Fsp3) is 0.412. The van der Waals surface area contributed by atoms with Crippen molar-refractivity contribution >= 4 is 16.9 Å². The van der Waals surface area contributed by atoms with Crippen LogP contribution in [0, 0.1) is 12.8 Å². The van der Waals surface area contributed by atoms with Crippen molar-refractivity contribution < 1.29 is 9.21 Å². The van der Waals surface area contributed by atoms with Gasteiger partial charge >= 0.3 is 5.63 Å². The van der Waals surface area contributed by atoms with E-state index in [2.05, 4.69) is 10.6 Å². The van der Waals surface area contributed by atoms with E-state index in [1.165, 1.54) is 0 Å². The number of hydrogen-bond donors (Lipinski definition) is 2. The zero-order valence-electron chi connectivity index (χ0n) is 12.6. The number of rotatable bonds is 3. The third kappa shape index (κ3) is 2.90. The highest BCUT2D eigenvalue weighted by molar-refractivity contribution is 5.99. The van der Waals surface area contributed by atoms with Crippen LogP contribution < -0.4 is 16.3 Å². The Kier molecular flexibility index (Phi) is 4.24. The third-order valence-electron chi connectivity index (χ3n) is 4.25. The summed E-state index contributed by atoms with van der Waals surface area (Å²) in [5.41, 5.74) is 0.724. The number of nitrogens with one attached hydrogen (secondary N) is 2. The summed E-state index contributed by atoms with van der Waals surface area (Å²) in [5.74, 6) is 0.0769. The Morgan fingerprint density at radius 1 is 1.41 bits per heavy atom. The molecule has 5 nitrogen and oxygen atoms in total. The van der Waals surface area contributed by atoms with Gasteiger partial charge in [-0.3, -0.25) is 4.79 Å². The first-order valence-electron chi connectivity index (χ1n) is 7.68. The molecule has 5 heteroatoms. The molecule has 1 saturated heterocycles. The standard InChI is InChI=1S/C17H20N2O3/c1-11-13-6-2-3-7-14(13)22-17(21)15(11)16(20)19-10-12-5-4-8-18-9-12/h2-3,6-7,12,18H,4-5,8-10H2,1H3,(H,19,20). The quantitative estimate of drug-likeness (QED) is 0.848. The van der Waals surface area contributed by atoms with Gasteiger partial charge in [0, 0.05) is 11.9 Å². The van der Waals surface area contributed by atoms with Crippen molar-refractivity contribution in [2.24, 2.45) is 5.92 Å². The molecule has 1 atom stereocenters. The smallest absolute Gasteiger partial charge is 0.349 e. The van der Waals surface area contributed by atoms with Gasteiger partial charge in [0.25, 0.3) is 5.91 Å². The predicted molar refractivity (Wildman–Crippen MR) is 85.1 cm³/mol. The number of piperidine rings is 1. The summed E-state index contributed by atoms with van der Waals surface area (Å²) in [4.78, 5) is 24.5. The van der Waals surface area contributed by atoms with Gasteiger partial charge in [0.15, 0.2) is 0 Å². The largest absolute Gasteiger partial charge is 0.422 e. The number of fused-ring (bicyclic) bond motifs is 1. The highest BCUT2D eigenvalue weighted by Gasteiger charge is 2.20. The summed E-state index contributed by atoms with van der Waals surface area (Å²) in [5, 5.41) is 6.99. The first kappa shape index (κ1) is 14.8. The predicted octanol–water partition coefficient (Wildman–Crippen LogP) is 1.83. The number of para-hydroxylation sites is 1. The van der Waals surface area contributed by atoms with Crippen molar-refractivity contribution in [2.75, 3.05) is 19.6 Å². The number of carbonyl (C=O) groups is 1. The molecule has 2 N–H and O–H groups in total. The fourth-order valence-electron chi connectivity index (χ4n) is 2.99. The lowest BCUT2D eigenvalue weighted by molar-refractivity contribution is 0.0940. The maximum atomic E-state index is 12.4. The molecule has 0 radical (unpaired) electrons. The lowest BCUT2D eigenvalue weighted by Crippen LogP contribution is -2.39. The topological polar surface area (TPSA) is 71.3 Å². The van der Waals surface area contributed by atoms with E-state index in [9.17, 15) is 9.59 Å². The van der Waals surface area contributed by atoms with E-state index < -0.39 is 5.63 Å². The molecule has 1 aliphatic heterocycles. The molecule has 3 rings (SSSR count). The molecule has 1 unspecified atom stereocenters. The minimum atomic E-state index is -0.574. The van der Waals surface area contributed by atoms with Gasteiger partial charge in [0.2, 0.25) is 0 Å². The van der Waals surface area contributed by atoms with Gasteiger partial charge in [-0.05, 0) is 50.4 Å². The van der Waals surface area contributed by atoms with E-state index in [4.69, 9.17) is 4.42 Å². The summed E-state index contributed by atoms with van der Waals surface area (Å²) in [6.45, 7) is 4.32. The molecule has 1 amide bonds. The van der Waals surface area contributed by atoms with E-state index in [-0.39, 0.29) is 11.5 Å². The summed E-state index contributed by atoms with van der Waals surface area (Å²) in [6, 6.07) is 7.26. The van der Waals surface area contributed by atoms with Crippen molar-refractivity contribution in [3.05, 3.63) is 45.8 Å². The molecule has 1 aromatic carbocycles. The molecular formula is C17H20N2O3. The number of benzene rings is 1. The average Bonchev–Trinajstić information content (AvgIpc) is 2.54. The van der Waals surface area contributed by atoms with Gasteiger partial charge in [-0.2, -0.15) is 0 Å². The van der Waals surface area contributed by atoms with Crippen LogP contribution in [0.15, 0.2) is 33.5 Å². The number of hydrogen-bond acceptors (Lipinski definition) is 4. The minimum Gasteiger partial charge on any atom is -0.422 e. The lowest BCUT2D eigenvalue weighted by Gasteiger charge is -2.22. The highest BCUT2D eigenvalue weighted by Crippen LogP contribution is 2.19. The van der Waals surface area contributed by atoms with E-state index in [1.807, 2.05) is 12.1 Å². The molecule has 0 bridgehead atoms. The number of carbonyl (C=O) groups excluding carboxylic acids is 1. The lowest BCUT2D eigenvalue weighted by atomic mass is 9.99. The van der Waals surface area contributed by atoms with Crippen LogP contribution in [0.1, 0.15) is 28.8 Å². The Balaban J connectivity index is 1.82. The van der Waals surface area contributed by atoms with Gasteiger partial charge < -0.3 is 15.1 Å². The maximum absolute atomic E-state index is 12.4. The average molecular weight is 300 g/mol. The Labute approximate surface area is 128 Å². The zero-order chi connectivity index (χ0) is 15.5. The monoisotopic (exact) mass is 300 g/mol. The SMILES string of the molecule is Cc1c(C(=O)NCC2CCCNC2)c(=O)oc2ccccc12. The van der Waals surface area contributed by atoms with Crippen LogP contribution in [-0.2, 0) is 0 Å². The van der Waals surface area contributed by atoms with Crippen LogP contribution in [0.4, 0.5) is 0 Å². The molecule has 2 heterocycles. The van der Waals surface area contributed by atoms with Crippen molar-refractivity contribution in [3.63, 3.8) is 0 Å². The summed E-state index contributed by atoms with van der Waals surface area (Å²) in [6.07, 6.45) is 2.22. The molecular weight excluding hydrogens is 280 g/mol. The van der Waals surface area contributed by atoms with Crippen molar-refractivity contribution in [1.82, 2.24) is 10.6 Å². The second-order valence-electron chi connectivity index (χ2n) is 5.81. The van der Waals surface area contributed by atoms with E-state index >= 15 is 0 Å². The van der Waals surface area contributed by atoms with Crippen LogP contribution in [0.3, 0.4) is 0 Å². The van der Waals surface area contributed by atoms with E-state index in [0.29, 0.717) is 23.6 Å². The third-order valence-corrected chi connectivity index (χ3v) is 4.25. The Bertz CT molecular complexity index is 745. The van der Waals surface area contributed by atoms with Gasteiger partial charge in [0.1, 0.15) is 11.1 Å². The summed E-state index contributed by atoms with van der Waals surface area (Å²) >= 11 is 0. The first-order valence-corrected chi connectivity index (χ1v) is 7.68. The molecule has 1 fully saturated rings. The second-order valence-corrected chi connectivity index (χ2v) is 5.81. The van der Waals surface area contributed by atoms with Crippen LogP contribution >= 0.6 is 0 Å². The molecule has 0 spiro atoms. The number of amides is 1. The molecule has 1 aromatic heterocycles.